The Morgan fingerprint density at radius 2 is 2.17 bits per heavy atom. The van der Waals surface area contributed by atoms with Gasteiger partial charge in [0.05, 0.1) is 30.8 Å². The van der Waals surface area contributed by atoms with Crippen LogP contribution in [0, 0.1) is 0 Å². The van der Waals surface area contributed by atoms with Gasteiger partial charge in [-0.2, -0.15) is 0 Å². The second kappa shape index (κ2) is 5.76. The van der Waals surface area contributed by atoms with Gasteiger partial charge in [-0.05, 0) is 19.1 Å². The van der Waals surface area contributed by atoms with Crippen molar-refractivity contribution in [1.82, 2.24) is 9.55 Å². The number of ether oxygens (including phenoxy) is 3. The minimum atomic E-state index is -0.565. The lowest BCUT2D eigenvalue weighted by molar-refractivity contribution is 0.00865. The predicted molar refractivity (Wildman–Crippen MR) is 83.2 cm³/mol. The predicted octanol–water partition coefficient (Wildman–Crippen LogP) is 0.421. The number of imidazole rings is 1. The summed E-state index contributed by atoms with van der Waals surface area (Å²) in [6.45, 7) is 4.00. The van der Waals surface area contributed by atoms with E-state index < -0.39 is 6.10 Å². The summed E-state index contributed by atoms with van der Waals surface area (Å²) in [5, 5.41) is 9.79. The molecule has 0 bridgehead atoms. The number of nitrogens with zero attached hydrogens (tertiary/aromatic N) is 2. The third-order valence-electron chi connectivity index (χ3n) is 4.57. The molecule has 4 unspecified atom stereocenters. The zero-order valence-corrected chi connectivity index (χ0v) is 13.0. The van der Waals surface area contributed by atoms with E-state index in [4.69, 9.17) is 19.9 Å². The first-order valence-electron chi connectivity index (χ1n) is 7.98. The molecule has 0 radical (unpaired) electrons. The van der Waals surface area contributed by atoms with Gasteiger partial charge in [-0.15, -0.1) is 0 Å². The molecule has 2 saturated heterocycles. The summed E-state index contributed by atoms with van der Waals surface area (Å²) >= 11 is 0. The summed E-state index contributed by atoms with van der Waals surface area (Å²) in [5.41, 5.74) is 7.68. The summed E-state index contributed by atoms with van der Waals surface area (Å²) in [5.74, 6) is 1.61. The molecule has 2 aliphatic rings. The minimum Gasteiger partial charge on any atom is -0.485 e. The van der Waals surface area contributed by atoms with Crippen LogP contribution in [0.25, 0.3) is 11.0 Å². The molecule has 0 amide bonds. The van der Waals surface area contributed by atoms with Gasteiger partial charge in [-0.1, -0.05) is 0 Å². The lowest BCUT2D eigenvalue weighted by Crippen LogP contribution is -2.34. The van der Waals surface area contributed by atoms with E-state index in [9.17, 15) is 5.11 Å². The van der Waals surface area contributed by atoms with Crippen molar-refractivity contribution in [2.24, 2.45) is 5.73 Å². The highest BCUT2D eigenvalue weighted by Crippen LogP contribution is 2.31. The van der Waals surface area contributed by atoms with Gasteiger partial charge in [0.15, 0.2) is 6.10 Å². The zero-order valence-electron chi connectivity index (χ0n) is 13.0. The van der Waals surface area contributed by atoms with Crippen LogP contribution in [0.15, 0.2) is 18.2 Å². The molecule has 0 spiro atoms. The van der Waals surface area contributed by atoms with Crippen LogP contribution in [0.1, 0.15) is 12.7 Å². The topological polar surface area (TPSA) is 91.8 Å². The summed E-state index contributed by atoms with van der Waals surface area (Å²) in [7, 11) is 0. The van der Waals surface area contributed by atoms with Crippen LogP contribution < -0.4 is 10.5 Å². The molecule has 1 aromatic carbocycles. The second-order valence-electron chi connectivity index (χ2n) is 5.95. The van der Waals surface area contributed by atoms with Crippen molar-refractivity contribution in [1.29, 1.82) is 0 Å². The van der Waals surface area contributed by atoms with Crippen molar-refractivity contribution in [2.45, 2.75) is 44.4 Å². The van der Waals surface area contributed by atoms with Gasteiger partial charge < -0.3 is 29.6 Å². The number of hydrogen-bond acceptors (Lipinski definition) is 6. The fourth-order valence-electron chi connectivity index (χ4n) is 3.45. The number of aliphatic hydroxyl groups is 1. The largest absolute Gasteiger partial charge is 0.485 e. The van der Waals surface area contributed by atoms with E-state index in [2.05, 4.69) is 16.5 Å². The van der Waals surface area contributed by atoms with Crippen LogP contribution in [0.5, 0.6) is 5.75 Å². The summed E-state index contributed by atoms with van der Waals surface area (Å²) in [6, 6.07) is 5.81. The molecular formula is C16H21N3O4. The van der Waals surface area contributed by atoms with Gasteiger partial charge in [0, 0.05) is 12.6 Å². The van der Waals surface area contributed by atoms with Gasteiger partial charge in [-0.25, -0.2) is 4.98 Å². The maximum absolute atomic E-state index is 9.79. The summed E-state index contributed by atoms with van der Waals surface area (Å²) in [4.78, 5) is 4.54. The molecule has 0 aliphatic carbocycles. The normalized spacial score (nSPS) is 30.0. The summed E-state index contributed by atoms with van der Waals surface area (Å²) in [6.07, 6.45) is -1.27. The SMILES string of the molecule is CCn1c(CN)nc2ccc(OC3COC4C(O)COC34)cc21. The van der Waals surface area contributed by atoms with E-state index in [1.54, 1.807) is 0 Å². The fourth-order valence-corrected chi connectivity index (χ4v) is 3.45. The third-order valence-corrected chi connectivity index (χ3v) is 4.57. The van der Waals surface area contributed by atoms with E-state index in [0.29, 0.717) is 19.8 Å². The molecular weight excluding hydrogens is 298 g/mol. The van der Waals surface area contributed by atoms with Gasteiger partial charge in [0.1, 0.15) is 29.9 Å². The molecule has 4 atom stereocenters. The Kier molecular flexibility index (Phi) is 3.73. The van der Waals surface area contributed by atoms with Crippen molar-refractivity contribution in [3.8, 4) is 5.75 Å². The average Bonchev–Trinajstić information content (AvgIpc) is 3.22. The number of benzene rings is 1. The standard InChI is InChI=1S/C16H21N3O4/c1-2-19-11-5-9(3-4-10(11)18-14(19)6-17)23-13-8-22-15-12(20)7-21-16(13)15/h3-5,12-13,15-16,20H,2,6-8,17H2,1H3. The number of aryl methyl sites for hydroxylation is 1. The Morgan fingerprint density at radius 1 is 1.35 bits per heavy atom. The maximum Gasteiger partial charge on any atom is 0.151 e. The number of fused-ring (bicyclic) bond motifs is 2. The Hall–Kier alpha value is -1.67. The number of aliphatic hydroxyl groups excluding tert-OH is 1. The van der Waals surface area contributed by atoms with E-state index in [-0.39, 0.29) is 18.3 Å². The molecule has 2 aromatic rings. The number of rotatable bonds is 4. The first kappa shape index (κ1) is 14.9. The van der Waals surface area contributed by atoms with Crippen LogP contribution in [0.3, 0.4) is 0 Å². The monoisotopic (exact) mass is 319 g/mol. The highest BCUT2D eigenvalue weighted by molar-refractivity contribution is 5.77. The van der Waals surface area contributed by atoms with Crippen molar-refractivity contribution in [2.75, 3.05) is 13.2 Å². The highest BCUT2D eigenvalue weighted by Gasteiger charge is 2.48. The maximum atomic E-state index is 9.79. The molecule has 124 valence electrons. The van der Waals surface area contributed by atoms with Crippen molar-refractivity contribution in [3.05, 3.63) is 24.0 Å². The number of hydrogen-bond donors (Lipinski definition) is 2. The molecule has 3 heterocycles. The Morgan fingerprint density at radius 3 is 2.96 bits per heavy atom. The lowest BCUT2D eigenvalue weighted by Gasteiger charge is -2.18. The van der Waals surface area contributed by atoms with Crippen LogP contribution >= 0.6 is 0 Å². The van der Waals surface area contributed by atoms with Gasteiger partial charge >= 0.3 is 0 Å². The fraction of sp³-hybridized carbons (Fsp3) is 0.562. The number of nitrogens with two attached hydrogens (primary N) is 1. The Balaban J connectivity index is 1.60. The third kappa shape index (κ3) is 2.40. The lowest BCUT2D eigenvalue weighted by atomic mass is 10.1. The van der Waals surface area contributed by atoms with Gasteiger partial charge in [-0.3, -0.25) is 0 Å². The molecule has 2 aliphatic heterocycles. The van der Waals surface area contributed by atoms with E-state index in [0.717, 1.165) is 29.2 Å². The van der Waals surface area contributed by atoms with Crippen molar-refractivity contribution < 1.29 is 19.3 Å². The molecule has 1 aromatic heterocycles. The average molecular weight is 319 g/mol. The highest BCUT2D eigenvalue weighted by atomic mass is 16.6. The second-order valence-corrected chi connectivity index (χ2v) is 5.95. The molecule has 2 fully saturated rings. The molecule has 4 rings (SSSR count). The first-order chi connectivity index (χ1) is 11.2. The Bertz CT molecular complexity index is 717. The molecule has 7 nitrogen and oxygen atoms in total. The Labute approximate surface area is 133 Å². The minimum absolute atomic E-state index is 0.207. The van der Waals surface area contributed by atoms with Crippen LogP contribution in [0.2, 0.25) is 0 Å². The van der Waals surface area contributed by atoms with Crippen molar-refractivity contribution >= 4 is 11.0 Å². The molecule has 3 N–H and O–H groups in total. The van der Waals surface area contributed by atoms with Crippen LogP contribution in [0.4, 0.5) is 0 Å². The zero-order chi connectivity index (χ0) is 16.0. The summed E-state index contributed by atoms with van der Waals surface area (Å²) < 4.78 is 19.3. The number of aromatic nitrogens is 2. The smallest absolute Gasteiger partial charge is 0.151 e. The van der Waals surface area contributed by atoms with E-state index >= 15 is 0 Å². The molecule has 0 saturated carbocycles. The van der Waals surface area contributed by atoms with E-state index in [1.807, 2.05) is 18.2 Å². The molecule has 23 heavy (non-hydrogen) atoms. The van der Waals surface area contributed by atoms with Crippen molar-refractivity contribution in [3.63, 3.8) is 0 Å². The van der Waals surface area contributed by atoms with Crippen LogP contribution in [-0.4, -0.2) is 52.3 Å². The van der Waals surface area contributed by atoms with Crippen LogP contribution in [-0.2, 0) is 22.6 Å². The molecule has 7 heteroatoms. The van der Waals surface area contributed by atoms with E-state index in [1.165, 1.54) is 0 Å². The van der Waals surface area contributed by atoms with Gasteiger partial charge in [0.25, 0.3) is 0 Å². The van der Waals surface area contributed by atoms with Gasteiger partial charge in [0.2, 0.25) is 0 Å². The first-order valence-corrected chi connectivity index (χ1v) is 7.98. The quantitative estimate of drug-likeness (QED) is 0.849.